The summed E-state index contributed by atoms with van der Waals surface area (Å²) in [5.41, 5.74) is 5.43. The highest BCUT2D eigenvalue weighted by Gasteiger charge is 2.16. The lowest BCUT2D eigenvalue weighted by Crippen LogP contribution is -1.92. The van der Waals surface area contributed by atoms with E-state index in [-0.39, 0.29) is 5.82 Å². The Labute approximate surface area is 132 Å². The number of rotatable bonds is 2. The van der Waals surface area contributed by atoms with E-state index < -0.39 is 0 Å². The zero-order valence-electron chi connectivity index (χ0n) is 12.7. The molecule has 1 aromatic carbocycles. The molecular formula is C18H14FN3O. The first kappa shape index (κ1) is 13.7. The van der Waals surface area contributed by atoms with Gasteiger partial charge in [0.05, 0.1) is 23.7 Å². The van der Waals surface area contributed by atoms with E-state index in [1.165, 1.54) is 12.1 Å². The van der Waals surface area contributed by atoms with E-state index in [9.17, 15) is 4.39 Å². The summed E-state index contributed by atoms with van der Waals surface area (Å²) in [7, 11) is 0. The second-order valence-electron chi connectivity index (χ2n) is 5.54. The summed E-state index contributed by atoms with van der Waals surface area (Å²) in [4.78, 5) is 4.22. The lowest BCUT2D eigenvalue weighted by molar-refractivity contribution is 0.393. The Morgan fingerprint density at radius 1 is 1.13 bits per heavy atom. The van der Waals surface area contributed by atoms with Gasteiger partial charge in [0.2, 0.25) is 0 Å². The maximum Gasteiger partial charge on any atom is 0.141 e. The zero-order valence-corrected chi connectivity index (χ0v) is 12.7. The van der Waals surface area contributed by atoms with E-state index >= 15 is 0 Å². The molecule has 0 unspecified atom stereocenters. The van der Waals surface area contributed by atoms with Gasteiger partial charge in [-0.1, -0.05) is 17.3 Å². The number of benzene rings is 1. The van der Waals surface area contributed by atoms with Crippen LogP contribution in [0.2, 0.25) is 0 Å². The van der Waals surface area contributed by atoms with Crippen LogP contribution in [0, 0.1) is 19.7 Å². The van der Waals surface area contributed by atoms with Crippen molar-refractivity contribution in [3.63, 3.8) is 0 Å². The number of halogens is 1. The quantitative estimate of drug-likeness (QED) is 0.551. The molecule has 5 heteroatoms. The molecule has 0 bridgehead atoms. The second-order valence-corrected chi connectivity index (χ2v) is 5.54. The molecule has 3 heterocycles. The van der Waals surface area contributed by atoms with Crippen molar-refractivity contribution in [1.29, 1.82) is 0 Å². The van der Waals surface area contributed by atoms with Gasteiger partial charge in [0.25, 0.3) is 0 Å². The van der Waals surface area contributed by atoms with Crippen molar-refractivity contribution >= 4 is 5.52 Å². The fraction of sp³-hybridized carbons (Fsp3) is 0.111. The highest BCUT2D eigenvalue weighted by atomic mass is 19.1. The first-order chi connectivity index (χ1) is 11.1. The minimum atomic E-state index is -0.257. The fourth-order valence-corrected chi connectivity index (χ4v) is 2.93. The molecule has 0 aliphatic carbocycles. The standard InChI is InChI=1S/C18H14FN3O/c1-11-18(12(2)23-21-11)16-7-14(9-22-10-20-8-17(16)22)13-4-3-5-15(19)6-13/h3-10H,1-2H3. The molecule has 0 amide bonds. The molecule has 0 radical (unpaired) electrons. The van der Waals surface area contributed by atoms with Crippen molar-refractivity contribution in [2.24, 2.45) is 0 Å². The van der Waals surface area contributed by atoms with Gasteiger partial charge in [-0.05, 0) is 43.2 Å². The number of hydrogen-bond acceptors (Lipinski definition) is 3. The van der Waals surface area contributed by atoms with E-state index in [2.05, 4.69) is 10.1 Å². The van der Waals surface area contributed by atoms with Crippen LogP contribution in [0.1, 0.15) is 11.5 Å². The summed E-state index contributed by atoms with van der Waals surface area (Å²) in [6.07, 6.45) is 5.48. The first-order valence-electron chi connectivity index (χ1n) is 7.28. The zero-order chi connectivity index (χ0) is 16.0. The average molecular weight is 307 g/mol. The topological polar surface area (TPSA) is 43.3 Å². The van der Waals surface area contributed by atoms with Crippen LogP contribution in [0.5, 0.6) is 0 Å². The van der Waals surface area contributed by atoms with Gasteiger partial charge < -0.3 is 8.92 Å². The van der Waals surface area contributed by atoms with Gasteiger partial charge >= 0.3 is 0 Å². The molecule has 0 spiro atoms. The van der Waals surface area contributed by atoms with Gasteiger partial charge in [0.1, 0.15) is 11.6 Å². The van der Waals surface area contributed by atoms with Crippen LogP contribution < -0.4 is 0 Å². The summed E-state index contributed by atoms with van der Waals surface area (Å²) in [6, 6.07) is 8.58. The number of imidazole rings is 1. The van der Waals surface area contributed by atoms with Gasteiger partial charge in [0, 0.05) is 17.3 Å². The Bertz CT molecular complexity index is 997. The Balaban J connectivity index is 2.02. The van der Waals surface area contributed by atoms with Gasteiger partial charge in [0.15, 0.2) is 0 Å². The smallest absolute Gasteiger partial charge is 0.141 e. The van der Waals surface area contributed by atoms with Crippen molar-refractivity contribution in [1.82, 2.24) is 14.5 Å². The lowest BCUT2D eigenvalue weighted by Gasteiger charge is -2.09. The van der Waals surface area contributed by atoms with Gasteiger partial charge in [-0.3, -0.25) is 0 Å². The number of pyridine rings is 1. The minimum Gasteiger partial charge on any atom is -0.361 e. The van der Waals surface area contributed by atoms with Crippen molar-refractivity contribution < 1.29 is 8.91 Å². The van der Waals surface area contributed by atoms with Crippen molar-refractivity contribution in [3.05, 3.63) is 66.3 Å². The molecule has 4 rings (SSSR count). The van der Waals surface area contributed by atoms with Crippen LogP contribution in [0.4, 0.5) is 4.39 Å². The van der Waals surface area contributed by atoms with Crippen molar-refractivity contribution in [2.45, 2.75) is 13.8 Å². The summed E-state index contributed by atoms with van der Waals surface area (Å²) in [5, 5.41) is 4.04. The molecule has 0 fully saturated rings. The Kier molecular flexibility index (Phi) is 3.01. The van der Waals surface area contributed by atoms with Crippen molar-refractivity contribution in [3.8, 4) is 22.3 Å². The molecule has 0 aliphatic heterocycles. The molecule has 4 nitrogen and oxygen atoms in total. The number of aromatic nitrogens is 3. The molecule has 0 saturated heterocycles. The molecule has 3 aromatic heterocycles. The number of fused-ring (bicyclic) bond motifs is 1. The predicted octanol–water partition coefficient (Wildman–Crippen LogP) is 4.41. The van der Waals surface area contributed by atoms with Gasteiger partial charge in [-0.2, -0.15) is 0 Å². The molecule has 0 saturated carbocycles. The summed E-state index contributed by atoms with van der Waals surface area (Å²) in [5.74, 6) is 0.495. The maximum atomic E-state index is 13.6. The Morgan fingerprint density at radius 2 is 2.00 bits per heavy atom. The molecule has 0 aliphatic rings. The SMILES string of the molecule is Cc1noc(C)c1-c1cc(-c2cccc(F)c2)cn2cncc12. The summed E-state index contributed by atoms with van der Waals surface area (Å²) >= 11 is 0. The number of hydrogen-bond donors (Lipinski definition) is 0. The highest BCUT2D eigenvalue weighted by Crippen LogP contribution is 2.34. The normalized spacial score (nSPS) is 11.3. The molecule has 0 N–H and O–H groups in total. The molecule has 114 valence electrons. The minimum absolute atomic E-state index is 0.257. The molecule has 0 atom stereocenters. The Morgan fingerprint density at radius 3 is 2.74 bits per heavy atom. The Hall–Kier alpha value is -2.95. The van der Waals surface area contributed by atoms with E-state index in [1.54, 1.807) is 18.6 Å². The molecular weight excluding hydrogens is 293 g/mol. The molecule has 23 heavy (non-hydrogen) atoms. The number of aryl methyl sites for hydroxylation is 2. The van der Waals surface area contributed by atoms with Crippen LogP contribution in [-0.2, 0) is 0 Å². The third kappa shape index (κ3) is 2.21. The predicted molar refractivity (Wildman–Crippen MR) is 85.6 cm³/mol. The first-order valence-corrected chi connectivity index (χ1v) is 7.28. The van der Waals surface area contributed by atoms with E-state index in [1.807, 2.05) is 36.6 Å². The van der Waals surface area contributed by atoms with E-state index in [0.29, 0.717) is 0 Å². The summed E-state index contributed by atoms with van der Waals surface area (Å²) < 4.78 is 20.8. The van der Waals surface area contributed by atoms with Crippen LogP contribution in [-0.4, -0.2) is 14.5 Å². The third-order valence-electron chi connectivity index (χ3n) is 3.98. The van der Waals surface area contributed by atoms with Crippen molar-refractivity contribution in [2.75, 3.05) is 0 Å². The van der Waals surface area contributed by atoms with Crippen LogP contribution >= 0.6 is 0 Å². The summed E-state index contributed by atoms with van der Waals surface area (Å²) in [6.45, 7) is 3.80. The van der Waals surface area contributed by atoms with E-state index in [0.717, 1.165) is 39.2 Å². The maximum absolute atomic E-state index is 13.6. The van der Waals surface area contributed by atoms with Crippen LogP contribution in [0.15, 0.2) is 53.6 Å². The second kappa shape index (κ2) is 5.05. The van der Waals surface area contributed by atoms with Crippen LogP contribution in [0.3, 0.4) is 0 Å². The molecule has 4 aromatic rings. The van der Waals surface area contributed by atoms with Crippen LogP contribution in [0.25, 0.3) is 27.8 Å². The fourth-order valence-electron chi connectivity index (χ4n) is 2.93. The largest absolute Gasteiger partial charge is 0.361 e. The monoisotopic (exact) mass is 307 g/mol. The average Bonchev–Trinajstić information content (AvgIpc) is 3.13. The third-order valence-corrected chi connectivity index (χ3v) is 3.98. The highest BCUT2D eigenvalue weighted by molar-refractivity contribution is 5.85. The number of nitrogens with zero attached hydrogens (tertiary/aromatic N) is 3. The van der Waals surface area contributed by atoms with Gasteiger partial charge in [-0.25, -0.2) is 9.37 Å². The van der Waals surface area contributed by atoms with E-state index in [4.69, 9.17) is 4.52 Å². The lowest BCUT2D eigenvalue weighted by atomic mass is 9.99. The van der Waals surface area contributed by atoms with Gasteiger partial charge in [-0.15, -0.1) is 0 Å².